The third-order valence-electron chi connectivity index (χ3n) is 5.40. The Kier molecular flexibility index (Phi) is 7.59. The molecule has 172 valence electrons. The Bertz CT molecular complexity index is 1090. The summed E-state index contributed by atoms with van der Waals surface area (Å²) in [6.45, 7) is 0.125. The highest BCUT2D eigenvalue weighted by Crippen LogP contribution is 2.42. The minimum Gasteiger partial charge on any atom is -0.497 e. The average molecular weight is 578 g/mol. The maximum atomic E-state index is 13.0. The lowest BCUT2D eigenvalue weighted by atomic mass is 10.0. The van der Waals surface area contributed by atoms with Gasteiger partial charge in [0.05, 0.1) is 14.2 Å². The van der Waals surface area contributed by atoms with Crippen molar-refractivity contribution < 1.29 is 23.8 Å². The molecule has 1 unspecified atom stereocenters. The summed E-state index contributed by atoms with van der Waals surface area (Å²) < 4.78 is 16.5. The standard InChI is InChI=1S/C24H23IN2O5S/c1-30-18-7-3-15(4-8-18)12-26-20-22(28)27-21(17(11-25)14-33-23(20)27)24(29)32-13-16-5-9-19(31-2)10-6-16/h3-10,12,20,23H,11,13-14H2,1-2H3/t20?,23-/m1/s1. The van der Waals surface area contributed by atoms with Crippen molar-refractivity contribution in [1.82, 2.24) is 4.90 Å². The molecule has 1 saturated heterocycles. The zero-order valence-electron chi connectivity index (χ0n) is 18.2. The van der Waals surface area contributed by atoms with E-state index in [9.17, 15) is 9.59 Å². The number of nitrogens with zero attached hydrogens (tertiary/aromatic N) is 2. The minimum absolute atomic E-state index is 0.125. The van der Waals surface area contributed by atoms with Gasteiger partial charge in [0, 0.05) is 16.4 Å². The van der Waals surface area contributed by atoms with Gasteiger partial charge >= 0.3 is 5.97 Å². The second kappa shape index (κ2) is 10.6. The molecule has 2 aliphatic rings. The molecule has 0 saturated carbocycles. The summed E-state index contributed by atoms with van der Waals surface area (Å²) in [7, 11) is 3.21. The number of methoxy groups -OCH3 is 2. The summed E-state index contributed by atoms with van der Waals surface area (Å²) in [6, 6.07) is 14.3. The van der Waals surface area contributed by atoms with Gasteiger partial charge in [-0.2, -0.15) is 0 Å². The lowest BCUT2D eigenvalue weighted by Gasteiger charge is -2.48. The Labute approximate surface area is 210 Å². The number of β-lactam (4-membered cyclic amide) rings is 1. The smallest absolute Gasteiger partial charge is 0.355 e. The van der Waals surface area contributed by atoms with E-state index in [1.165, 1.54) is 0 Å². The Balaban J connectivity index is 1.44. The number of carbonyl (C=O) groups is 2. The van der Waals surface area contributed by atoms with Crippen molar-refractivity contribution in [2.24, 2.45) is 4.99 Å². The lowest BCUT2D eigenvalue weighted by molar-refractivity contribution is -0.151. The molecular weight excluding hydrogens is 555 g/mol. The van der Waals surface area contributed by atoms with Gasteiger partial charge in [-0.1, -0.05) is 34.7 Å². The molecule has 33 heavy (non-hydrogen) atoms. The Hall–Kier alpha value is -2.53. The minimum atomic E-state index is -0.516. The quantitative estimate of drug-likeness (QED) is 0.156. The van der Waals surface area contributed by atoms with Gasteiger partial charge in [0.15, 0.2) is 6.04 Å². The van der Waals surface area contributed by atoms with Crippen molar-refractivity contribution in [3.05, 3.63) is 70.9 Å². The zero-order valence-corrected chi connectivity index (χ0v) is 21.2. The topological polar surface area (TPSA) is 77.4 Å². The number of ether oxygens (including phenoxy) is 3. The molecule has 0 spiro atoms. The summed E-state index contributed by atoms with van der Waals surface area (Å²) in [5.41, 5.74) is 3.00. The summed E-state index contributed by atoms with van der Waals surface area (Å²) in [5.74, 6) is 1.50. The molecule has 7 nitrogen and oxygen atoms in total. The number of hydrogen-bond donors (Lipinski definition) is 0. The highest BCUT2D eigenvalue weighted by atomic mass is 127. The summed E-state index contributed by atoms with van der Waals surface area (Å²) >= 11 is 3.84. The first-order valence-electron chi connectivity index (χ1n) is 10.3. The molecule has 2 atom stereocenters. The molecule has 1 amide bonds. The molecule has 0 aliphatic carbocycles. The number of alkyl halides is 1. The predicted molar refractivity (Wildman–Crippen MR) is 136 cm³/mol. The first-order chi connectivity index (χ1) is 16.0. The van der Waals surface area contributed by atoms with Crippen molar-refractivity contribution in [3.8, 4) is 11.5 Å². The Morgan fingerprint density at radius 3 is 2.36 bits per heavy atom. The molecule has 0 bridgehead atoms. The molecule has 2 aromatic carbocycles. The van der Waals surface area contributed by atoms with Crippen LogP contribution in [-0.4, -0.2) is 58.8 Å². The van der Waals surface area contributed by atoms with E-state index in [2.05, 4.69) is 27.6 Å². The third kappa shape index (κ3) is 5.03. The molecule has 0 N–H and O–H groups in total. The van der Waals surface area contributed by atoms with Gasteiger partial charge in [-0.15, -0.1) is 11.8 Å². The van der Waals surface area contributed by atoms with E-state index in [1.54, 1.807) is 37.1 Å². The van der Waals surface area contributed by atoms with Gasteiger partial charge in [0.25, 0.3) is 5.91 Å². The molecule has 2 heterocycles. The van der Waals surface area contributed by atoms with Gasteiger partial charge in [0.1, 0.15) is 29.2 Å². The first kappa shape index (κ1) is 23.6. The summed E-state index contributed by atoms with van der Waals surface area (Å²) in [4.78, 5) is 32.0. The first-order valence-corrected chi connectivity index (χ1v) is 12.8. The van der Waals surface area contributed by atoms with E-state index in [0.29, 0.717) is 15.9 Å². The monoisotopic (exact) mass is 578 g/mol. The number of benzene rings is 2. The van der Waals surface area contributed by atoms with E-state index < -0.39 is 12.0 Å². The molecule has 4 rings (SSSR count). The molecule has 0 aromatic heterocycles. The van der Waals surface area contributed by atoms with E-state index in [4.69, 9.17) is 14.2 Å². The number of hydrogen-bond acceptors (Lipinski definition) is 7. The largest absolute Gasteiger partial charge is 0.497 e. The van der Waals surface area contributed by atoms with Gasteiger partial charge in [-0.3, -0.25) is 14.7 Å². The number of rotatable bonds is 8. The summed E-state index contributed by atoms with van der Waals surface area (Å²) in [5, 5.41) is -0.206. The van der Waals surface area contributed by atoms with Gasteiger partial charge in [-0.05, 0) is 53.1 Å². The van der Waals surface area contributed by atoms with Crippen LogP contribution in [0.15, 0.2) is 64.8 Å². The van der Waals surface area contributed by atoms with Crippen LogP contribution in [0.1, 0.15) is 11.1 Å². The fourth-order valence-corrected chi connectivity index (χ4v) is 5.89. The third-order valence-corrected chi connectivity index (χ3v) is 7.65. The molecular formula is C24H23IN2O5S. The number of esters is 1. The predicted octanol–water partition coefficient (Wildman–Crippen LogP) is 3.84. The van der Waals surface area contributed by atoms with Crippen LogP contribution in [0.3, 0.4) is 0 Å². The highest BCUT2D eigenvalue weighted by molar-refractivity contribution is 14.1. The van der Waals surface area contributed by atoms with Crippen LogP contribution >= 0.6 is 34.4 Å². The molecule has 1 fully saturated rings. The second-order valence-electron chi connectivity index (χ2n) is 7.42. The Morgan fingerprint density at radius 2 is 1.76 bits per heavy atom. The SMILES string of the molecule is COc1ccc(C=NC2C(=O)N3C(C(=O)OCc4ccc(OC)cc4)=C(CI)CS[C@H]23)cc1. The number of aliphatic imine (C=N–C) groups is 1. The number of carbonyl (C=O) groups excluding carboxylic acids is 2. The van der Waals surface area contributed by atoms with Crippen molar-refractivity contribution in [2.45, 2.75) is 18.0 Å². The number of halogens is 1. The van der Waals surface area contributed by atoms with Crippen molar-refractivity contribution in [3.63, 3.8) is 0 Å². The second-order valence-corrected chi connectivity index (χ2v) is 9.28. The molecule has 2 aromatic rings. The van der Waals surface area contributed by atoms with Gasteiger partial charge in [-0.25, -0.2) is 4.79 Å². The maximum absolute atomic E-state index is 13.0. The van der Waals surface area contributed by atoms with Crippen molar-refractivity contribution >= 4 is 52.4 Å². The molecule has 0 radical (unpaired) electrons. The van der Waals surface area contributed by atoms with Crippen molar-refractivity contribution in [1.29, 1.82) is 0 Å². The maximum Gasteiger partial charge on any atom is 0.355 e. The van der Waals surface area contributed by atoms with E-state index >= 15 is 0 Å². The molecule has 2 aliphatic heterocycles. The van der Waals surface area contributed by atoms with Crippen LogP contribution < -0.4 is 9.47 Å². The zero-order chi connectivity index (χ0) is 23.4. The Morgan fingerprint density at radius 1 is 1.12 bits per heavy atom. The number of thioether (sulfide) groups is 1. The lowest BCUT2D eigenvalue weighted by Crippen LogP contribution is -2.64. The van der Waals surface area contributed by atoms with E-state index in [0.717, 1.165) is 28.2 Å². The van der Waals surface area contributed by atoms with Crippen molar-refractivity contribution in [2.75, 3.05) is 24.4 Å². The number of fused-ring (bicyclic) bond motifs is 1. The van der Waals surface area contributed by atoms with Crippen LogP contribution in [-0.2, 0) is 20.9 Å². The summed E-state index contributed by atoms with van der Waals surface area (Å²) in [6.07, 6.45) is 1.69. The average Bonchev–Trinajstić information content (AvgIpc) is 2.87. The van der Waals surface area contributed by atoms with E-state index in [-0.39, 0.29) is 17.9 Å². The van der Waals surface area contributed by atoms with Crippen LogP contribution in [0.4, 0.5) is 0 Å². The van der Waals surface area contributed by atoms with Crippen LogP contribution in [0, 0.1) is 0 Å². The fourth-order valence-electron chi connectivity index (χ4n) is 3.55. The molecule has 9 heteroatoms. The van der Waals surface area contributed by atoms with Gasteiger partial charge < -0.3 is 14.2 Å². The highest BCUT2D eigenvalue weighted by Gasteiger charge is 2.53. The fraction of sp³-hybridized carbons (Fsp3) is 0.292. The van der Waals surface area contributed by atoms with E-state index in [1.807, 2.05) is 48.5 Å². The van der Waals surface area contributed by atoms with Gasteiger partial charge in [0.2, 0.25) is 0 Å². The van der Waals surface area contributed by atoms with Crippen LogP contribution in [0.2, 0.25) is 0 Å². The van der Waals surface area contributed by atoms with Crippen LogP contribution in [0.5, 0.6) is 11.5 Å². The van der Waals surface area contributed by atoms with Crippen LogP contribution in [0.25, 0.3) is 0 Å². The normalized spacial score (nSPS) is 19.8. The number of amides is 1.